The highest BCUT2D eigenvalue weighted by Crippen LogP contribution is 2.08. The Labute approximate surface area is 112 Å². The van der Waals surface area contributed by atoms with Crippen molar-refractivity contribution in [3.8, 4) is 0 Å². The molecule has 0 heterocycles. The molecule has 1 unspecified atom stereocenters. The molecular formula is C14H20O5. The largest absolute Gasteiger partial charge is 0.481 e. The second-order valence-corrected chi connectivity index (χ2v) is 4.06. The van der Waals surface area contributed by atoms with Crippen molar-refractivity contribution in [2.45, 2.75) is 20.3 Å². The number of carbonyl (C=O) groups is 2. The van der Waals surface area contributed by atoms with Gasteiger partial charge in [-0.2, -0.15) is 0 Å². The van der Waals surface area contributed by atoms with Gasteiger partial charge in [0.1, 0.15) is 0 Å². The number of hydrogen-bond acceptors (Lipinski definition) is 4. The van der Waals surface area contributed by atoms with E-state index in [2.05, 4.69) is 0 Å². The number of aliphatic hydroxyl groups is 1. The van der Waals surface area contributed by atoms with Gasteiger partial charge in [0.05, 0.1) is 6.61 Å². The number of esters is 1. The molecule has 1 rings (SSSR count). The van der Waals surface area contributed by atoms with Gasteiger partial charge in [0.2, 0.25) is 0 Å². The molecule has 0 aromatic heterocycles. The van der Waals surface area contributed by atoms with Crippen LogP contribution >= 0.6 is 0 Å². The average molecular weight is 268 g/mol. The Hall–Kier alpha value is -1.88. The third-order valence-electron chi connectivity index (χ3n) is 2.15. The molecule has 0 fully saturated rings. The number of hydrogen-bond donors (Lipinski definition) is 2. The zero-order valence-electron chi connectivity index (χ0n) is 11.2. The first-order valence-electron chi connectivity index (χ1n) is 5.93. The van der Waals surface area contributed by atoms with E-state index < -0.39 is 5.97 Å². The normalized spacial score (nSPS) is 10.9. The summed E-state index contributed by atoms with van der Waals surface area (Å²) in [7, 11) is 0. The second kappa shape index (κ2) is 10.1. The molecule has 19 heavy (non-hydrogen) atoms. The highest BCUT2D eigenvalue weighted by molar-refractivity contribution is 5.65. The van der Waals surface area contributed by atoms with E-state index in [0.29, 0.717) is 0 Å². The molecule has 1 aromatic rings. The van der Waals surface area contributed by atoms with E-state index in [1.165, 1.54) is 6.92 Å². The van der Waals surface area contributed by atoms with E-state index in [4.69, 9.17) is 19.7 Å². The van der Waals surface area contributed by atoms with Gasteiger partial charge < -0.3 is 14.9 Å². The molecule has 0 radical (unpaired) electrons. The second-order valence-electron chi connectivity index (χ2n) is 4.06. The lowest BCUT2D eigenvalue weighted by Crippen LogP contribution is -2.18. The minimum Gasteiger partial charge on any atom is -0.481 e. The number of aliphatic carboxylic acids is 1. The van der Waals surface area contributed by atoms with Crippen LogP contribution in [0.1, 0.15) is 19.4 Å². The van der Waals surface area contributed by atoms with E-state index in [1.54, 1.807) is 0 Å². The Kier molecular flexibility index (Phi) is 9.08. The summed E-state index contributed by atoms with van der Waals surface area (Å²) in [4.78, 5) is 19.6. The zero-order valence-corrected chi connectivity index (χ0v) is 11.2. The molecule has 5 heteroatoms. The predicted octanol–water partition coefficient (Wildman–Crippen LogP) is 1.49. The van der Waals surface area contributed by atoms with Crippen molar-refractivity contribution in [3.63, 3.8) is 0 Å². The SMILES string of the molecule is CC(=O)O.CC(=O)OCC(CO)Cc1ccccc1. The van der Waals surface area contributed by atoms with E-state index in [9.17, 15) is 4.79 Å². The van der Waals surface area contributed by atoms with Gasteiger partial charge in [-0.05, 0) is 12.0 Å². The van der Waals surface area contributed by atoms with Crippen LogP contribution in [-0.4, -0.2) is 35.4 Å². The Morgan fingerprint density at radius 3 is 2.16 bits per heavy atom. The summed E-state index contributed by atoms with van der Waals surface area (Å²) in [5.41, 5.74) is 1.14. The Morgan fingerprint density at radius 2 is 1.74 bits per heavy atom. The van der Waals surface area contributed by atoms with Gasteiger partial charge in [-0.3, -0.25) is 9.59 Å². The summed E-state index contributed by atoms with van der Waals surface area (Å²) in [5, 5.41) is 16.5. The van der Waals surface area contributed by atoms with Crippen LogP contribution in [0.4, 0.5) is 0 Å². The summed E-state index contributed by atoms with van der Waals surface area (Å²) in [6.07, 6.45) is 0.727. The van der Waals surface area contributed by atoms with Crippen LogP contribution in [-0.2, 0) is 20.7 Å². The molecular weight excluding hydrogens is 248 g/mol. The molecule has 0 spiro atoms. The average Bonchev–Trinajstić information content (AvgIpc) is 2.35. The predicted molar refractivity (Wildman–Crippen MR) is 70.7 cm³/mol. The maximum Gasteiger partial charge on any atom is 0.302 e. The van der Waals surface area contributed by atoms with Gasteiger partial charge in [0, 0.05) is 26.4 Å². The van der Waals surface area contributed by atoms with E-state index >= 15 is 0 Å². The lowest BCUT2D eigenvalue weighted by molar-refractivity contribution is -0.142. The van der Waals surface area contributed by atoms with Gasteiger partial charge in [-0.25, -0.2) is 0 Å². The van der Waals surface area contributed by atoms with Crippen LogP contribution in [0.5, 0.6) is 0 Å². The molecule has 1 atom stereocenters. The number of carboxylic acid groups (broad SMARTS) is 1. The molecule has 5 nitrogen and oxygen atoms in total. The molecule has 0 amide bonds. The standard InChI is InChI=1S/C12H16O3.C2H4O2/c1-10(14)15-9-12(8-13)7-11-5-3-2-4-6-11;1-2(3)4/h2-6,12-13H,7-9H2,1H3;1H3,(H,3,4). The molecule has 0 aliphatic rings. The van der Waals surface area contributed by atoms with Gasteiger partial charge in [0.25, 0.3) is 5.97 Å². The van der Waals surface area contributed by atoms with Gasteiger partial charge in [0.15, 0.2) is 0 Å². The molecule has 1 aromatic carbocycles. The third-order valence-corrected chi connectivity index (χ3v) is 2.15. The Bertz CT molecular complexity index is 371. The van der Waals surface area contributed by atoms with Gasteiger partial charge in [-0.15, -0.1) is 0 Å². The molecule has 0 bridgehead atoms. The molecule has 0 saturated carbocycles. The molecule has 0 saturated heterocycles. The van der Waals surface area contributed by atoms with E-state index in [-0.39, 0.29) is 25.1 Å². The lowest BCUT2D eigenvalue weighted by Gasteiger charge is -2.13. The van der Waals surface area contributed by atoms with Crippen molar-refractivity contribution >= 4 is 11.9 Å². The highest BCUT2D eigenvalue weighted by atomic mass is 16.5. The highest BCUT2D eigenvalue weighted by Gasteiger charge is 2.09. The van der Waals surface area contributed by atoms with Crippen LogP contribution in [0.2, 0.25) is 0 Å². The fraction of sp³-hybridized carbons (Fsp3) is 0.429. The Balaban J connectivity index is 0.000000711. The van der Waals surface area contributed by atoms with Crippen molar-refractivity contribution in [3.05, 3.63) is 35.9 Å². The summed E-state index contributed by atoms with van der Waals surface area (Å²) in [5.74, 6) is -1.15. The molecule has 0 aliphatic heterocycles. The third kappa shape index (κ3) is 11.0. The Morgan fingerprint density at radius 1 is 1.21 bits per heavy atom. The number of carbonyl (C=O) groups excluding carboxylic acids is 1. The van der Waals surface area contributed by atoms with Gasteiger partial charge >= 0.3 is 5.97 Å². The summed E-state index contributed by atoms with van der Waals surface area (Å²) < 4.78 is 4.87. The van der Waals surface area contributed by atoms with Crippen LogP contribution in [0, 0.1) is 5.92 Å². The number of carboxylic acids is 1. The monoisotopic (exact) mass is 268 g/mol. The zero-order chi connectivity index (χ0) is 14.7. The number of benzene rings is 1. The van der Waals surface area contributed by atoms with Crippen molar-refractivity contribution in [2.24, 2.45) is 5.92 Å². The minimum atomic E-state index is -0.833. The number of rotatable bonds is 5. The van der Waals surface area contributed by atoms with Crippen LogP contribution < -0.4 is 0 Å². The van der Waals surface area contributed by atoms with Crippen LogP contribution in [0.15, 0.2) is 30.3 Å². The van der Waals surface area contributed by atoms with Crippen LogP contribution in [0.3, 0.4) is 0 Å². The van der Waals surface area contributed by atoms with Gasteiger partial charge in [-0.1, -0.05) is 30.3 Å². The first-order chi connectivity index (χ1) is 8.95. The fourth-order valence-electron chi connectivity index (χ4n) is 1.36. The number of aliphatic hydroxyl groups excluding tert-OH is 1. The smallest absolute Gasteiger partial charge is 0.302 e. The van der Waals surface area contributed by atoms with Crippen molar-refractivity contribution in [2.75, 3.05) is 13.2 Å². The quantitative estimate of drug-likeness (QED) is 0.790. The summed E-state index contributed by atoms with van der Waals surface area (Å²) in [6, 6.07) is 9.85. The topological polar surface area (TPSA) is 83.8 Å². The van der Waals surface area contributed by atoms with Crippen LogP contribution in [0.25, 0.3) is 0 Å². The van der Waals surface area contributed by atoms with Crippen molar-refractivity contribution in [1.29, 1.82) is 0 Å². The summed E-state index contributed by atoms with van der Waals surface area (Å²) in [6.45, 7) is 2.76. The number of ether oxygens (including phenoxy) is 1. The first-order valence-corrected chi connectivity index (χ1v) is 5.93. The maximum atomic E-state index is 10.6. The summed E-state index contributed by atoms with van der Waals surface area (Å²) >= 11 is 0. The first kappa shape index (κ1) is 17.1. The molecule has 0 aliphatic carbocycles. The fourth-order valence-corrected chi connectivity index (χ4v) is 1.36. The lowest BCUT2D eigenvalue weighted by atomic mass is 10.0. The van der Waals surface area contributed by atoms with E-state index in [1.807, 2.05) is 30.3 Å². The molecule has 2 N–H and O–H groups in total. The van der Waals surface area contributed by atoms with Crippen molar-refractivity contribution in [1.82, 2.24) is 0 Å². The molecule has 106 valence electrons. The maximum absolute atomic E-state index is 10.6. The van der Waals surface area contributed by atoms with Crippen molar-refractivity contribution < 1.29 is 24.5 Å². The minimum absolute atomic E-state index is 0.0173. The van der Waals surface area contributed by atoms with E-state index in [0.717, 1.165) is 18.9 Å².